The van der Waals surface area contributed by atoms with Gasteiger partial charge in [0.05, 0.1) is 24.1 Å². The zero-order valence-corrected chi connectivity index (χ0v) is 17.3. The number of nitrogens with zero attached hydrogens (tertiary/aromatic N) is 4. The van der Waals surface area contributed by atoms with Gasteiger partial charge in [0.15, 0.2) is 11.6 Å². The Hall–Kier alpha value is -2.58. The van der Waals surface area contributed by atoms with Crippen LogP contribution in [0.25, 0.3) is 11.3 Å². The maximum absolute atomic E-state index is 11.3. The van der Waals surface area contributed by atoms with Crippen molar-refractivity contribution in [2.24, 2.45) is 5.92 Å². The van der Waals surface area contributed by atoms with Crippen molar-refractivity contribution < 1.29 is 14.6 Å². The summed E-state index contributed by atoms with van der Waals surface area (Å²) >= 11 is 0. The minimum absolute atomic E-state index is 0.250. The van der Waals surface area contributed by atoms with Crippen LogP contribution in [0.3, 0.4) is 0 Å². The average molecular weight is 399 g/mol. The normalized spacial score (nSPS) is 15.2. The second-order valence-electron chi connectivity index (χ2n) is 7.80. The highest BCUT2D eigenvalue weighted by Crippen LogP contribution is 2.28. The summed E-state index contributed by atoms with van der Waals surface area (Å²) in [5, 5.41) is 13.2. The molecule has 3 heterocycles. The molecule has 3 rings (SSSR count). The predicted molar refractivity (Wildman–Crippen MR) is 112 cm³/mol. The van der Waals surface area contributed by atoms with Crippen LogP contribution in [0, 0.1) is 5.92 Å². The van der Waals surface area contributed by atoms with Gasteiger partial charge >= 0.3 is 0 Å². The summed E-state index contributed by atoms with van der Waals surface area (Å²) in [5.41, 5.74) is 1.04. The monoisotopic (exact) mass is 399 g/mol. The van der Waals surface area contributed by atoms with Crippen molar-refractivity contribution in [3.05, 3.63) is 30.2 Å². The van der Waals surface area contributed by atoms with Gasteiger partial charge < -0.3 is 24.9 Å². The lowest BCUT2D eigenvalue weighted by Crippen LogP contribution is -2.35. The van der Waals surface area contributed by atoms with E-state index in [4.69, 9.17) is 9.72 Å². The van der Waals surface area contributed by atoms with Gasteiger partial charge in [-0.25, -0.2) is 9.97 Å². The van der Waals surface area contributed by atoms with Gasteiger partial charge in [-0.1, -0.05) is 0 Å². The molecule has 0 unspecified atom stereocenters. The highest BCUT2D eigenvalue weighted by molar-refractivity contribution is 5.70. The molecule has 0 radical (unpaired) electrons. The summed E-state index contributed by atoms with van der Waals surface area (Å²) in [7, 11) is 1.79. The number of aromatic nitrogens is 3. The minimum atomic E-state index is -1.00. The molecule has 8 nitrogen and oxygen atoms in total. The van der Waals surface area contributed by atoms with E-state index in [1.165, 1.54) is 0 Å². The van der Waals surface area contributed by atoms with Gasteiger partial charge in [-0.15, -0.1) is 0 Å². The Kier molecular flexibility index (Phi) is 6.76. The average Bonchev–Trinajstić information content (AvgIpc) is 2.73. The summed E-state index contributed by atoms with van der Waals surface area (Å²) in [6, 6.07) is 3.66. The molecule has 2 N–H and O–H groups in total. The molecule has 0 aliphatic carbocycles. The van der Waals surface area contributed by atoms with Crippen molar-refractivity contribution in [1.29, 1.82) is 0 Å². The Bertz CT molecular complexity index is 814. The quantitative estimate of drug-likeness (QED) is 0.652. The van der Waals surface area contributed by atoms with E-state index < -0.39 is 5.60 Å². The Balaban J connectivity index is 1.91. The third-order valence-corrected chi connectivity index (χ3v) is 5.09. The lowest BCUT2D eigenvalue weighted by atomic mass is 9.99. The van der Waals surface area contributed by atoms with E-state index in [-0.39, 0.29) is 6.54 Å². The smallest absolute Gasteiger partial charge is 0.172 e. The predicted octanol–water partition coefficient (Wildman–Crippen LogP) is 2.24. The lowest BCUT2D eigenvalue weighted by molar-refractivity contribution is -0.106. The third kappa shape index (κ3) is 5.27. The first-order chi connectivity index (χ1) is 13.9. The Morgan fingerprint density at radius 3 is 2.62 bits per heavy atom. The zero-order valence-electron chi connectivity index (χ0n) is 17.3. The number of carbonyl (C=O) groups is 1. The van der Waals surface area contributed by atoms with E-state index in [1.807, 2.05) is 11.0 Å². The first-order valence-electron chi connectivity index (χ1n) is 9.92. The molecule has 0 bridgehead atoms. The van der Waals surface area contributed by atoms with E-state index in [0.29, 0.717) is 28.9 Å². The van der Waals surface area contributed by atoms with Crippen molar-refractivity contribution in [3.63, 3.8) is 0 Å². The Morgan fingerprint density at radius 2 is 2.03 bits per heavy atom. The fourth-order valence-electron chi connectivity index (χ4n) is 3.40. The molecule has 0 saturated carbocycles. The molecule has 2 aromatic heterocycles. The summed E-state index contributed by atoms with van der Waals surface area (Å²) in [6.45, 7) is 5.88. The Labute approximate surface area is 171 Å². The minimum Gasteiger partial charge on any atom is -0.384 e. The van der Waals surface area contributed by atoms with Crippen molar-refractivity contribution in [2.75, 3.05) is 43.6 Å². The first kappa shape index (κ1) is 21.1. The summed E-state index contributed by atoms with van der Waals surface area (Å²) < 4.78 is 5.45. The maximum Gasteiger partial charge on any atom is 0.172 e. The van der Waals surface area contributed by atoms with Crippen LogP contribution in [-0.4, -0.2) is 59.7 Å². The zero-order chi connectivity index (χ0) is 20.9. The van der Waals surface area contributed by atoms with Crippen LogP contribution in [0.2, 0.25) is 0 Å². The maximum atomic E-state index is 11.3. The molecule has 1 fully saturated rings. The van der Waals surface area contributed by atoms with Crippen LogP contribution in [0.4, 0.5) is 11.6 Å². The number of carbonyl (C=O) groups excluding carboxylic acids is 1. The van der Waals surface area contributed by atoms with Crippen molar-refractivity contribution in [1.82, 2.24) is 15.0 Å². The molecule has 0 amide bonds. The van der Waals surface area contributed by atoms with Crippen LogP contribution in [0.15, 0.2) is 24.5 Å². The van der Waals surface area contributed by atoms with E-state index >= 15 is 0 Å². The number of ether oxygens (including phenoxy) is 1. The highest BCUT2D eigenvalue weighted by Gasteiger charge is 2.22. The molecule has 1 saturated heterocycles. The van der Waals surface area contributed by atoms with Crippen LogP contribution in [0.1, 0.15) is 32.4 Å². The second kappa shape index (κ2) is 9.28. The van der Waals surface area contributed by atoms with Crippen LogP contribution in [-0.2, 0) is 15.1 Å². The number of nitrogens with one attached hydrogen (secondary N) is 1. The van der Waals surface area contributed by atoms with Gasteiger partial charge in [0.25, 0.3) is 0 Å². The number of hydrogen-bond donors (Lipinski definition) is 2. The van der Waals surface area contributed by atoms with E-state index in [1.54, 1.807) is 39.4 Å². The topological polar surface area (TPSA) is 100 Å². The molecule has 1 aliphatic rings. The van der Waals surface area contributed by atoms with Crippen molar-refractivity contribution in [3.8, 4) is 11.3 Å². The van der Waals surface area contributed by atoms with Gasteiger partial charge in [-0.3, -0.25) is 4.98 Å². The van der Waals surface area contributed by atoms with Gasteiger partial charge in [-0.05, 0) is 44.7 Å². The summed E-state index contributed by atoms with van der Waals surface area (Å²) in [4.78, 5) is 27.0. The molecule has 156 valence electrons. The summed E-state index contributed by atoms with van der Waals surface area (Å²) in [6.07, 6.45) is 6.21. The molecule has 0 spiro atoms. The van der Waals surface area contributed by atoms with Crippen LogP contribution >= 0.6 is 0 Å². The van der Waals surface area contributed by atoms with Gasteiger partial charge in [-0.2, -0.15) is 0 Å². The lowest BCUT2D eigenvalue weighted by Gasteiger charge is -2.30. The first-order valence-corrected chi connectivity index (χ1v) is 9.92. The highest BCUT2D eigenvalue weighted by atomic mass is 16.5. The fourth-order valence-corrected chi connectivity index (χ4v) is 3.40. The second-order valence-corrected chi connectivity index (χ2v) is 7.80. The SMILES string of the molecule is CNc1ncc(-c2ccc(C(C)(C)O)nc2)nc1N(CC=O)CC1CCOCC1. The van der Waals surface area contributed by atoms with E-state index in [0.717, 1.165) is 44.4 Å². The van der Waals surface area contributed by atoms with Crippen LogP contribution < -0.4 is 10.2 Å². The number of pyridine rings is 1. The molecule has 8 heteroatoms. The largest absolute Gasteiger partial charge is 0.384 e. The van der Waals surface area contributed by atoms with Gasteiger partial charge in [0.2, 0.25) is 0 Å². The van der Waals surface area contributed by atoms with Crippen molar-refractivity contribution >= 4 is 17.9 Å². The molecule has 29 heavy (non-hydrogen) atoms. The molecular weight excluding hydrogens is 370 g/mol. The molecule has 0 atom stereocenters. The Morgan fingerprint density at radius 1 is 1.28 bits per heavy atom. The molecule has 2 aromatic rings. The number of aldehydes is 1. The van der Waals surface area contributed by atoms with E-state index in [2.05, 4.69) is 15.3 Å². The van der Waals surface area contributed by atoms with Gasteiger partial charge in [0.1, 0.15) is 11.9 Å². The molecule has 0 aromatic carbocycles. The standard InChI is InChI=1S/C21H29N5O3/c1-21(2,28)18-5-4-16(12-23-18)17-13-24-19(22-3)20(25-17)26(8-9-27)14-15-6-10-29-11-7-15/h4-5,9,12-13,15,28H,6-8,10-11,14H2,1-3H3,(H,22,24). The number of anilines is 2. The van der Waals surface area contributed by atoms with Crippen LogP contribution in [0.5, 0.6) is 0 Å². The third-order valence-electron chi connectivity index (χ3n) is 5.09. The number of rotatable bonds is 8. The summed E-state index contributed by atoms with van der Waals surface area (Å²) in [5.74, 6) is 1.73. The number of aliphatic hydroxyl groups is 1. The van der Waals surface area contributed by atoms with Gasteiger partial charge in [0, 0.05) is 38.6 Å². The van der Waals surface area contributed by atoms with Crippen molar-refractivity contribution in [2.45, 2.75) is 32.3 Å². The molecular formula is C21H29N5O3. The number of hydrogen-bond acceptors (Lipinski definition) is 8. The molecule has 1 aliphatic heterocycles. The fraction of sp³-hybridized carbons (Fsp3) is 0.524. The van der Waals surface area contributed by atoms with E-state index in [9.17, 15) is 9.90 Å².